The molecule has 0 unspecified atom stereocenters. The van der Waals surface area contributed by atoms with Crippen molar-refractivity contribution < 1.29 is 23.5 Å². The van der Waals surface area contributed by atoms with Crippen LogP contribution >= 0.6 is 0 Å². The first-order valence-corrected chi connectivity index (χ1v) is 12.7. The van der Waals surface area contributed by atoms with Crippen molar-refractivity contribution in [1.29, 1.82) is 0 Å². The van der Waals surface area contributed by atoms with E-state index in [0.717, 1.165) is 37.6 Å². The maximum atomic E-state index is 14.6. The molecule has 0 aliphatic carbocycles. The number of likely N-dealkylation sites (tertiary alicyclic amines) is 2. The van der Waals surface area contributed by atoms with Gasteiger partial charge in [0.05, 0.1) is 5.69 Å². The second-order valence-corrected chi connectivity index (χ2v) is 9.35. The Hall–Kier alpha value is -4.18. The van der Waals surface area contributed by atoms with Gasteiger partial charge in [-0.1, -0.05) is 30.3 Å². The Morgan fingerprint density at radius 2 is 1.71 bits per heavy atom. The third kappa shape index (κ3) is 6.57. The summed E-state index contributed by atoms with van der Waals surface area (Å²) in [5.41, 5.74) is 0.794. The molecule has 5 rings (SSSR count). The smallest absolute Gasteiger partial charge is 0.412 e. The van der Waals surface area contributed by atoms with Crippen LogP contribution in [-0.2, 0) is 11.3 Å². The van der Waals surface area contributed by atoms with Gasteiger partial charge in [-0.15, -0.1) is 0 Å². The maximum Gasteiger partial charge on any atom is 0.412 e. The first-order valence-electron chi connectivity index (χ1n) is 12.7. The minimum absolute atomic E-state index is 0.0315. The van der Waals surface area contributed by atoms with Crippen LogP contribution in [0.25, 0.3) is 0 Å². The number of benzene rings is 2. The van der Waals surface area contributed by atoms with Gasteiger partial charge in [0, 0.05) is 37.5 Å². The number of aromatic nitrogens is 1. The number of piperidine rings is 1. The summed E-state index contributed by atoms with van der Waals surface area (Å²) in [6.07, 6.45) is 3.97. The number of nitrogens with one attached hydrogen (secondary N) is 2. The van der Waals surface area contributed by atoms with E-state index in [9.17, 15) is 14.0 Å². The Morgan fingerprint density at radius 3 is 2.42 bits per heavy atom. The SMILES string of the molecule is O=C(Nc1ccc(Oc2ccnc(NC(=O)N3CCC(N4CCC4)CC3)c2)cc1F)OCc1ccccc1. The van der Waals surface area contributed by atoms with E-state index in [0.29, 0.717) is 30.7 Å². The van der Waals surface area contributed by atoms with E-state index in [2.05, 4.69) is 20.5 Å². The molecular weight excluding hydrogens is 489 g/mol. The summed E-state index contributed by atoms with van der Waals surface area (Å²) in [5, 5.41) is 5.21. The maximum absolute atomic E-state index is 14.6. The number of hydrogen-bond donors (Lipinski definition) is 2. The van der Waals surface area contributed by atoms with Crippen LogP contribution in [0.3, 0.4) is 0 Å². The predicted octanol–water partition coefficient (Wildman–Crippen LogP) is 5.46. The summed E-state index contributed by atoms with van der Waals surface area (Å²) in [7, 11) is 0. The summed E-state index contributed by atoms with van der Waals surface area (Å²) in [6.45, 7) is 3.83. The highest BCUT2D eigenvalue weighted by Gasteiger charge is 2.29. The molecule has 2 N–H and O–H groups in total. The van der Waals surface area contributed by atoms with E-state index < -0.39 is 11.9 Å². The Morgan fingerprint density at radius 1 is 0.947 bits per heavy atom. The van der Waals surface area contributed by atoms with Crippen LogP contribution in [0.5, 0.6) is 11.5 Å². The minimum atomic E-state index is -0.763. The number of halogens is 1. The van der Waals surface area contributed by atoms with Crippen molar-refractivity contribution in [2.45, 2.75) is 31.9 Å². The van der Waals surface area contributed by atoms with Crippen molar-refractivity contribution in [3.05, 3.63) is 78.2 Å². The number of rotatable bonds is 7. The molecule has 198 valence electrons. The number of carbonyl (C=O) groups is 2. The van der Waals surface area contributed by atoms with Crippen molar-refractivity contribution in [2.75, 3.05) is 36.8 Å². The van der Waals surface area contributed by atoms with E-state index in [-0.39, 0.29) is 24.1 Å². The van der Waals surface area contributed by atoms with Crippen molar-refractivity contribution in [2.24, 2.45) is 0 Å². The minimum Gasteiger partial charge on any atom is -0.457 e. The van der Waals surface area contributed by atoms with Crippen LogP contribution in [0.2, 0.25) is 0 Å². The van der Waals surface area contributed by atoms with Gasteiger partial charge in [-0.3, -0.25) is 10.6 Å². The van der Waals surface area contributed by atoms with Crippen molar-refractivity contribution >= 4 is 23.6 Å². The number of nitrogens with zero attached hydrogens (tertiary/aromatic N) is 3. The second-order valence-electron chi connectivity index (χ2n) is 9.35. The quantitative estimate of drug-likeness (QED) is 0.430. The third-order valence-electron chi connectivity index (χ3n) is 6.75. The monoisotopic (exact) mass is 519 g/mol. The van der Waals surface area contributed by atoms with Crippen LogP contribution in [-0.4, -0.2) is 59.1 Å². The van der Waals surface area contributed by atoms with Crippen LogP contribution < -0.4 is 15.4 Å². The number of hydrogen-bond acceptors (Lipinski definition) is 6. The lowest BCUT2D eigenvalue weighted by Crippen LogP contribution is -2.51. The molecule has 1 aromatic heterocycles. The van der Waals surface area contributed by atoms with E-state index in [1.807, 2.05) is 30.3 Å². The van der Waals surface area contributed by atoms with Gasteiger partial charge in [0.15, 0.2) is 5.82 Å². The molecule has 3 heterocycles. The Balaban J connectivity index is 1.12. The first-order chi connectivity index (χ1) is 18.5. The fraction of sp³-hybridized carbons (Fsp3) is 0.321. The fourth-order valence-corrected chi connectivity index (χ4v) is 4.54. The van der Waals surface area contributed by atoms with Gasteiger partial charge in [-0.05, 0) is 56.1 Å². The Labute approximate surface area is 220 Å². The largest absolute Gasteiger partial charge is 0.457 e. The lowest BCUT2D eigenvalue weighted by molar-refractivity contribution is 0.0734. The number of amides is 3. The molecule has 0 saturated carbocycles. The highest BCUT2D eigenvalue weighted by molar-refractivity contribution is 5.88. The third-order valence-corrected chi connectivity index (χ3v) is 6.75. The molecule has 2 saturated heterocycles. The molecule has 0 atom stereocenters. The Bertz CT molecular complexity index is 1260. The molecular formula is C28H30FN5O4. The Kier molecular flexibility index (Phi) is 7.98. The van der Waals surface area contributed by atoms with Gasteiger partial charge in [0.2, 0.25) is 0 Å². The summed E-state index contributed by atoms with van der Waals surface area (Å²) in [5.74, 6) is 0.275. The van der Waals surface area contributed by atoms with Crippen molar-refractivity contribution in [3.8, 4) is 11.5 Å². The summed E-state index contributed by atoms with van der Waals surface area (Å²) in [6, 6.07) is 16.8. The molecule has 3 amide bonds. The van der Waals surface area contributed by atoms with Gasteiger partial charge in [-0.2, -0.15) is 0 Å². The predicted molar refractivity (Wildman–Crippen MR) is 141 cm³/mol. The molecule has 0 spiro atoms. The summed E-state index contributed by atoms with van der Waals surface area (Å²) >= 11 is 0. The first kappa shape index (κ1) is 25.5. The standard InChI is InChI=1S/C28H30FN5O4/c29-24-17-22(7-8-25(24)31-28(36)37-19-20-5-2-1-3-6-20)38-23-9-12-30-26(18-23)32-27(35)34-15-10-21(11-16-34)33-13-4-14-33/h1-3,5-9,12,17-18,21H,4,10-11,13-16,19H2,(H,31,36)(H,30,32,35). The topological polar surface area (TPSA) is 96.0 Å². The van der Waals surface area contributed by atoms with Crippen LogP contribution in [0.15, 0.2) is 66.9 Å². The lowest BCUT2D eigenvalue weighted by atomic mass is 10.00. The van der Waals surface area contributed by atoms with Crippen molar-refractivity contribution in [3.63, 3.8) is 0 Å². The zero-order valence-electron chi connectivity index (χ0n) is 20.9. The zero-order valence-corrected chi connectivity index (χ0v) is 20.9. The van der Waals surface area contributed by atoms with E-state index >= 15 is 0 Å². The average molecular weight is 520 g/mol. The van der Waals surface area contributed by atoms with Crippen LogP contribution in [0.4, 0.5) is 25.5 Å². The number of urea groups is 1. The molecule has 9 nitrogen and oxygen atoms in total. The van der Waals surface area contributed by atoms with Gasteiger partial charge in [0.1, 0.15) is 23.9 Å². The number of anilines is 2. The van der Waals surface area contributed by atoms with E-state index in [1.165, 1.54) is 24.8 Å². The van der Waals surface area contributed by atoms with Gasteiger partial charge < -0.3 is 19.3 Å². The number of carbonyl (C=O) groups excluding carboxylic acids is 2. The van der Waals surface area contributed by atoms with Crippen LogP contribution in [0, 0.1) is 5.82 Å². The summed E-state index contributed by atoms with van der Waals surface area (Å²) in [4.78, 5) is 33.3. The normalized spacial score (nSPS) is 15.9. The molecule has 0 radical (unpaired) electrons. The van der Waals surface area contributed by atoms with Crippen LogP contribution in [0.1, 0.15) is 24.8 Å². The molecule has 2 aromatic carbocycles. The summed E-state index contributed by atoms with van der Waals surface area (Å²) < 4.78 is 25.5. The zero-order chi connectivity index (χ0) is 26.3. The molecule has 10 heteroatoms. The van der Waals surface area contributed by atoms with E-state index in [1.54, 1.807) is 17.0 Å². The molecule has 3 aromatic rings. The molecule has 0 bridgehead atoms. The highest BCUT2D eigenvalue weighted by atomic mass is 19.1. The van der Waals surface area contributed by atoms with Crippen molar-refractivity contribution in [1.82, 2.24) is 14.8 Å². The van der Waals surface area contributed by atoms with Gasteiger partial charge in [-0.25, -0.2) is 19.0 Å². The molecule has 38 heavy (non-hydrogen) atoms. The van der Waals surface area contributed by atoms with Gasteiger partial charge >= 0.3 is 12.1 Å². The fourth-order valence-electron chi connectivity index (χ4n) is 4.54. The second kappa shape index (κ2) is 11.9. The molecule has 2 fully saturated rings. The lowest BCUT2D eigenvalue weighted by Gasteiger charge is -2.42. The highest BCUT2D eigenvalue weighted by Crippen LogP contribution is 2.27. The molecule has 2 aliphatic rings. The number of pyridine rings is 1. The molecule has 2 aliphatic heterocycles. The van der Waals surface area contributed by atoms with Gasteiger partial charge in [0.25, 0.3) is 0 Å². The van der Waals surface area contributed by atoms with E-state index in [4.69, 9.17) is 9.47 Å². The number of ether oxygens (including phenoxy) is 2. The average Bonchev–Trinajstić information content (AvgIpc) is 2.89.